The zero-order valence-corrected chi connectivity index (χ0v) is 7.66. The third-order valence-corrected chi connectivity index (χ3v) is 2.99. The van der Waals surface area contributed by atoms with Crippen LogP contribution < -0.4 is 0 Å². The first-order valence-corrected chi connectivity index (χ1v) is 4.34. The van der Waals surface area contributed by atoms with E-state index in [1.807, 2.05) is 0 Å². The van der Waals surface area contributed by atoms with E-state index in [1.165, 1.54) is 0 Å². The zero-order valence-electron chi connectivity index (χ0n) is 6.51. The molecule has 0 aromatic heterocycles. The lowest BCUT2D eigenvalue weighted by molar-refractivity contribution is 0.134. The van der Waals surface area contributed by atoms with Crippen molar-refractivity contribution in [1.82, 2.24) is 4.67 Å². The van der Waals surface area contributed by atoms with E-state index in [2.05, 4.69) is 21.0 Å². The van der Waals surface area contributed by atoms with E-state index in [0.717, 1.165) is 25.9 Å². The third-order valence-electron chi connectivity index (χ3n) is 2.55. The summed E-state index contributed by atoms with van der Waals surface area (Å²) in [5.41, 5.74) is 0.210. The highest BCUT2D eigenvalue weighted by Crippen LogP contribution is 2.34. The highest BCUT2D eigenvalue weighted by atomic mass is 31.0. The van der Waals surface area contributed by atoms with E-state index < -0.39 is 0 Å². The van der Waals surface area contributed by atoms with Crippen molar-refractivity contribution in [2.24, 2.45) is 5.41 Å². The Morgan fingerprint density at radius 3 is 2.60 bits per heavy atom. The molecule has 0 aromatic carbocycles. The van der Waals surface area contributed by atoms with E-state index in [9.17, 15) is 0 Å². The van der Waals surface area contributed by atoms with Crippen LogP contribution in [0.4, 0.5) is 0 Å². The van der Waals surface area contributed by atoms with Gasteiger partial charge in [0.1, 0.15) is 0 Å². The second kappa shape index (κ2) is 3.17. The molecular weight excluding hydrogens is 145 g/mol. The van der Waals surface area contributed by atoms with Gasteiger partial charge in [-0.25, -0.2) is 0 Å². The average Bonchev–Trinajstić information content (AvgIpc) is 2.33. The molecule has 1 aliphatic rings. The molecule has 1 rings (SSSR count). The number of aliphatic hydroxyl groups is 1. The first-order valence-electron chi connectivity index (χ1n) is 3.83. The van der Waals surface area contributed by atoms with Crippen molar-refractivity contribution >= 4 is 9.39 Å². The largest absolute Gasteiger partial charge is 0.396 e. The van der Waals surface area contributed by atoms with Gasteiger partial charge in [0, 0.05) is 25.1 Å². The summed E-state index contributed by atoms with van der Waals surface area (Å²) in [6, 6.07) is 0. The quantitative estimate of drug-likeness (QED) is 0.607. The molecule has 0 aromatic rings. The first kappa shape index (κ1) is 8.45. The van der Waals surface area contributed by atoms with Crippen molar-refractivity contribution < 1.29 is 5.11 Å². The fourth-order valence-electron chi connectivity index (χ4n) is 1.50. The van der Waals surface area contributed by atoms with Crippen molar-refractivity contribution in [2.75, 3.05) is 19.7 Å². The summed E-state index contributed by atoms with van der Waals surface area (Å²) in [5.74, 6) is 0. The molecular formula is C7H16NOP. The standard InChI is InChI=1S/C7H16NOP/c1-2-7(6-9)3-4-8(10)5-7/h9H,2-6,10H2,1H3. The minimum Gasteiger partial charge on any atom is -0.396 e. The highest BCUT2D eigenvalue weighted by molar-refractivity contribution is 7.13. The maximum absolute atomic E-state index is 9.10. The van der Waals surface area contributed by atoms with Gasteiger partial charge < -0.3 is 5.11 Å². The van der Waals surface area contributed by atoms with E-state index in [1.54, 1.807) is 0 Å². The van der Waals surface area contributed by atoms with Gasteiger partial charge in [-0.1, -0.05) is 16.3 Å². The zero-order chi connectivity index (χ0) is 7.61. The van der Waals surface area contributed by atoms with Crippen LogP contribution in [-0.4, -0.2) is 29.5 Å². The van der Waals surface area contributed by atoms with E-state index in [4.69, 9.17) is 5.11 Å². The van der Waals surface area contributed by atoms with Crippen LogP contribution in [0.15, 0.2) is 0 Å². The number of aliphatic hydroxyl groups excluding tert-OH is 1. The second-order valence-electron chi connectivity index (χ2n) is 3.23. The predicted molar refractivity (Wildman–Crippen MR) is 45.7 cm³/mol. The van der Waals surface area contributed by atoms with Gasteiger partial charge in [0.2, 0.25) is 0 Å². The van der Waals surface area contributed by atoms with Gasteiger partial charge in [-0.3, -0.25) is 4.67 Å². The molecule has 1 fully saturated rings. The van der Waals surface area contributed by atoms with Crippen LogP contribution in [0.5, 0.6) is 0 Å². The van der Waals surface area contributed by atoms with E-state index in [0.29, 0.717) is 6.61 Å². The summed E-state index contributed by atoms with van der Waals surface area (Å²) in [7, 11) is 2.70. The summed E-state index contributed by atoms with van der Waals surface area (Å²) >= 11 is 0. The fourth-order valence-corrected chi connectivity index (χ4v) is 2.02. The normalized spacial score (nSPS) is 35.1. The van der Waals surface area contributed by atoms with E-state index >= 15 is 0 Å². The topological polar surface area (TPSA) is 23.5 Å². The van der Waals surface area contributed by atoms with Crippen LogP contribution in [0.2, 0.25) is 0 Å². The number of rotatable bonds is 2. The summed E-state index contributed by atoms with van der Waals surface area (Å²) < 4.78 is 2.21. The van der Waals surface area contributed by atoms with Gasteiger partial charge >= 0.3 is 0 Å². The van der Waals surface area contributed by atoms with Gasteiger partial charge in [-0.05, 0) is 12.8 Å². The van der Waals surface area contributed by atoms with Crippen LogP contribution >= 0.6 is 9.39 Å². The molecule has 0 aliphatic carbocycles. The first-order chi connectivity index (χ1) is 4.72. The Morgan fingerprint density at radius 1 is 1.70 bits per heavy atom. The van der Waals surface area contributed by atoms with Crippen molar-refractivity contribution in [3.63, 3.8) is 0 Å². The molecule has 3 heteroatoms. The van der Waals surface area contributed by atoms with Crippen LogP contribution in [0.3, 0.4) is 0 Å². The van der Waals surface area contributed by atoms with Crippen molar-refractivity contribution in [3.8, 4) is 0 Å². The number of nitrogens with zero attached hydrogens (tertiary/aromatic N) is 1. The summed E-state index contributed by atoms with van der Waals surface area (Å²) in [6.45, 7) is 4.64. The maximum Gasteiger partial charge on any atom is 0.0500 e. The Bertz CT molecular complexity index is 114. The van der Waals surface area contributed by atoms with E-state index in [-0.39, 0.29) is 5.41 Å². The maximum atomic E-state index is 9.10. The molecule has 2 atom stereocenters. The Morgan fingerprint density at radius 2 is 2.40 bits per heavy atom. The summed E-state index contributed by atoms with van der Waals surface area (Å²) in [4.78, 5) is 0. The third kappa shape index (κ3) is 1.50. The molecule has 0 radical (unpaired) electrons. The van der Waals surface area contributed by atoms with Crippen LogP contribution in [0.25, 0.3) is 0 Å². The fraction of sp³-hybridized carbons (Fsp3) is 1.00. The van der Waals surface area contributed by atoms with Crippen molar-refractivity contribution in [3.05, 3.63) is 0 Å². The van der Waals surface area contributed by atoms with Crippen molar-refractivity contribution in [2.45, 2.75) is 19.8 Å². The Kier molecular flexibility index (Phi) is 2.67. The Hall–Kier alpha value is 0.350. The monoisotopic (exact) mass is 161 g/mol. The Labute approximate surface area is 64.9 Å². The molecule has 2 unspecified atom stereocenters. The lowest BCUT2D eigenvalue weighted by atomic mass is 9.85. The minimum absolute atomic E-state index is 0.210. The van der Waals surface area contributed by atoms with Crippen molar-refractivity contribution in [1.29, 1.82) is 0 Å². The predicted octanol–water partition coefficient (Wildman–Crippen LogP) is 0.871. The molecule has 60 valence electrons. The van der Waals surface area contributed by atoms with Gasteiger partial charge in [0.05, 0.1) is 0 Å². The average molecular weight is 161 g/mol. The van der Waals surface area contributed by atoms with Gasteiger partial charge in [-0.2, -0.15) is 0 Å². The van der Waals surface area contributed by atoms with Crippen LogP contribution in [0.1, 0.15) is 19.8 Å². The summed E-state index contributed by atoms with van der Waals surface area (Å²) in [6.07, 6.45) is 2.23. The Balaban J connectivity index is 2.51. The van der Waals surface area contributed by atoms with Gasteiger partial charge in [0.25, 0.3) is 0 Å². The molecule has 0 amide bonds. The molecule has 1 heterocycles. The summed E-state index contributed by atoms with van der Waals surface area (Å²) in [5, 5.41) is 9.10. The second-order valence-corrected chi connectivity index (χ2v) is 3.96. The highest BCUT2D eigenvalue weighted by Gasteiger charge is 2.34. The lowest BCUT2D eigenvalue weighted by Crippen LogP contribution is -2.26. The van der Waals surface area contributed by atoms with Gasteiger partial charge in [0.15, 0.2) is 0 Å². The lowest BCUT2D eigenvalue weighted by Gasteiger charge is -2.23. The number of hydrogen-bond acceptors (Lipinski definition) is 2. The molecule has 0 bridgehead atoms. The molecule has 1 N–H and O–H groups in total. The SMILES string of the molecule is CCC1(CO)CCN(P)C1. The molecule has 0 saturated carbocycles. The van der Waals surface area contributed by atoms with Crippen LogP contribution in [0, 0.1) is 5.41 Å². The molecule has 1 aliphatic heterocycles. The minimum atomic E-state index is 0.210. The molecule has 0 spiro atoms. The van der Waals surface area contributed by atoms with Crippen LogP contribution in [-0.2, 0) is 0 Å². The van der Waals surface area contributed by atoms with Gasteiger partial charge in [-0.15, -0.1) is 0 Å². The molecule has 1 saturated heterocycles. The molecule has 10 heavy (non-hydrogen) atoms. The molecule has 2 nitrogen and oxygen atoms in total. The number of hydrogen-bond donors (Lipinski definition) is 1. The smallest absolute Gasteiger partial charge is 0.0500 e.